The highest BCUT2D eigenvalue weighted by Crippen LogP contribution is 2.50. The molecule has 0 saturated carbocycles. The molecule has 2 unspecified atom stereocenters. The van der Waals surface area contributed by atoms with Crippen LogP contribution in [0.1, 0.15) is 25.3 Å². The Hall–Kier alpha value is -0.890. The summed E-state index contributed by atoms with van der Waals surface area (Å²) < 4.78 is 0. The summed E-state index contributed by atoms with van der Waals surface area (Å²) in [6.07, 6.45) is 0. The van der Waals surface area contributed by atoms with Gasteiger partial charge in [0.15, 0.2) is 0 Å². The average Bonchev–Trinajstić information content (AvgIpc) is 2.39. The molecule has 2 rings (SSSR count). The Morgan fingerprint density at radius 2 is 1.91 bits per heavy atom. The van der Waals surface area contributed by atoms with Crippen LogP contribution >= 0.6 is 31.1 Å². The van der Waals surface area contributed by atoms with E-state index in [0.29, 0.717) is 21.3 Å². The van der Waals surface area contributed by atoms with E-state index in [1.165, 1.54) is 0 Å². The number of hydrogen-bond donors (Lipinski definition) is 1. The lowest BCUT2D eigenvalue weighted by Crippen LogP contribution is -2.32. The van der Waals surface area contributed by atoms with Crippen molar-refractivity contribution >= 4 is 42.8 Å². The minimum atomic E-state index is -0.948. The number of allylic oxidation sites excluding steroid dienone is 1. The van der Waals surface area contributed by atoms with Crippen molar-refractivity contribution in [3.8, 4) is 0 Å². The lowest BCUT2D eigenvalue weighted by molar-refractivity contribution is -0.133. The van der Waals surface area contributed by atoms with Crippen LogP contribution < -0.4 is 0 Å². The number of aliphatic imine (C=N–C) groups is 1. The Balaban J connectivity index is 2.73. The van der Waals surface area contributed by atoms with Crippen molar-refractivity contribution < 1.29 is 9.90 Å². The minimum Gasteiger partial charge on any atom is -0.478 e. The molecular formula is C16H18Cl2NO2P. The number of benzene rings is 1. The van der Waals surface area contributed by atoms with Crippen molar-refractivity contribution in [3.63, 3.8) is 0 Å². The summed E-state index contributed by atoms with van der Waals surface area (Å²) in [5.41, 5.74) is 2.62. The molecule has 1 aliphatic heterocycles. The largest absolute Gasteiger partial charge is 0.478 e. The zero-order valence-corrected chi connectivity index (χ0v) is 15.3. The molecule has 0 fully saturated rings. The van der Waals surface area contributed by atoms with E-state index in [0.717, 1.165) is 11.3 Å². The molecule has 1 aliphatic rings. The summed E-state index contributed by atoms with van der Waals surface area (Å²) in [4.78, 5) is 16.3. The van der Waals surface area contributed by atoms with Crippen LogP contribution in [0.25, 0.3) is 0 Å². The third-order valence-corrected chi connectivity index (χ3v) is 6.51. The van der Waals surface area contributed by atoms with Crippen LogP contribution in [0, 0.1) is 0 Å². The Labute approximate surface area is 141 Å². The number of rotatable bonds is 3. The van der Waals surface area contributed by atoms with Gasteiger partial charge in [0, 0.05) is 23.0 Å². The molecule has 0 bridgehead atoms. The molecule has 0 aromatic heterocycles. The van der Waals surface area contributed by atoms with Crippen LogP contribution in [-0.2, 0) is 4.79 Å². The Bertz CT molecular complexity index is 683. The standard InChI is InChI=1S/C16H18Cl2NO2P/c1-8-12(16(20)21)13(15(22(3)4)9(2)19-8)10-6-5-7-11(17)14(10)18/h5-7,13,15H,1-4H3,(H,20,21). The zero-order valence-electron chi connectivity index (χ0n) is 12.9. The van der Waals surface area contributed by atoms with Crippen molar-refractivity contribution in [3.05, 3.63) is 45.1 Å². The van der Waals surface area contributed by atoms with Gasteiger partial charge in [-0.25, -0.2) is 4.79 Å². The summed E-state index contributed by atoms with van der Waals surface area (Å²) in [6.45, 7) is 7.96. The maximum Gasteiger partial charge on any atom is 0.334 e. The van der Waals surface area contributed by atoms with Crippen LogP contribution in [0.5, 0.6) is 0 Å². The SMILES string of the molecule is CC1=NC(C)=C(C(=O)O)C(c2cccc(Cl)c2Cl)C1P(C)C. The maximum absolute atomic E-state index is 11.8. The summed E-state index contributed by atoms with van der Waals surface area (Å²) in [7, 11) is -0.443. The van der Waals surface area contributed by atoms with Crippen molar-refractivity contribution in [1.29, 1.82) is 0 Å². The first-order chi connectivity index (χ1) is 10.3. The highest BCUT2D eigenvalue weighted by molar-refractivity contribution is 7.58. The Morgan fingerprint density at radius 3 is 2.45 bits per heavy atom. The number of aliphatic carboxylic acids is 1. The van der Waals surface area contributed by atoms with Crippen LogP contribution in [0.2, 0.25) is 10.0 Å². The van der Waals surface area contributed by atoms with Crippen molar-refractivity contribution in [2.75, 3.05) is 13.3 Å². The first-order valence-corrected chi connectivity index (χ1v) is 9.91. The van der Waals surface area contributed by atoms with Gasteiger partial charge in [0.05, 0.1) is 15.6 Å². The van der Waals surface area contributed by atoms with Gasteiger partial charge in [-0.3, -0.25) is 4.99 Å². The van der Waals surface area contributed by atoms with Gasteiger partial charge < -0.3 is 5.11 Å². The normalized spacial score (nSPS) is 22.0. The van der Waals surface area contributed by atoms with Gasteiger partial charge in [-0.2, -0.15) is 0 Å². The van der Waals surface area contributed by atoms with Gasteiger partial charge in [-0.05, 0) is 38.8 Å². The molecule has 118 valence electrons. The summed E-state index contributed by atoms with van der Waals surface area (Å²) in [5, 5.41) is 10.6. The molecule has 1 aromatic carbocycles. The summed E-state index contributed by atoms with van der Waals surface area (Å²) in [6, 6.07) is 5.38. The zero-order chi connectivity index (χ0) is 16.6. The van der Waals surface area contributed by atoms with E-state index in [1.54, 1.807) is 13.0 Å². The number of carbonyl (C=O) groups is 1. The second-order valence-corrected chi connectivity index (χ2v) is 8.86. The molecule has 2 atom stereocenters. The molecule has 0 spiro atoms. The molecule has 0 amide bonds. The minimum absolute atomic E-state index is 0.0424. The van der Waals surface area contributed by atoms with Crippen molar-refractivity contribution in [2.24, 2.45) is 4.99 Å². The predicted octanol–water partition coefficient (Wildman–Crippen LogP) is 5.02. The average molecular weight is 358 g/mol. The van der Waals surface area contributed by atoms with E-state index in [4.69, 9.17) is 23.2 Å². The molecule has 1 aromatic rings. The molecule has 6 heteroatoms. The van der Waals surface area contributed by atoms with Crippen molar-refractivity contribution in [1.82, 2.24) is 0 Å². The monoisotopic (exact) mass is 357 g/mol. The lowest BCUT2D eigenvalue weighted by Gasteiger charge is -2.35. The second kappa shape index (κ2) is 6.70. The van der Waals surface area contributed by atoms with Crippen molar-refractivity contribution in [2.45, 2.75) is 25.4 Å². The number of nitrogens with zero attached hydrogens (tertiary/aromatic N) is 1. The van der Waals surface area contributed by atoms with E-state index in [9.17, 15) is 9.90 Å². The van der Waals surface area contributed by atoms with Crippen LogP contribution in [0.4, 0.5) is 0 Å². The molecule has 0 saturated heterocycles. The topological polar surface area (TPSA) is 49.7 Å². The van der Waals surface area contributed by atoms with Gasteiger partial charge in [-0.15, -0.1) is 7.92 Å². The van der Waals surface area contributed by atoms with E-state index < -0.39 is 13.9 Å². The third-order valence-electron chi connectivity index (χ3n) is 3.89. The summed E-state index contributed by atoms with van der Waals surface area (Å²) in [5.74, 6) is -1.26. The number of halogens is 2. The molecular weight excluding hydrogens is 340 g/mol. The van der Waals surface area contributed by atoms with Gasteiger partial charge >= 0.3 is 5.97 Å². The molecule has 1 N–H and O–H groups in total. The van der Waals surface area contributed by atoms with Crippen LogP contribution in [-0.4, -0.2) is 35.8 Å². The van der Waals surface area contributed by atoms with E-state index in [1.807, 2.05) is 19.1 Å². The molecule has 3 nitrogen and oxygen atoms in total. The first-order valence-electron chi connectivity index (χ1n) is 6.85. The van der Waals surface area contributed by atoms with Gasteiger partial charge in [0.1, 0.15) is 0 Å². The lowest BCUT2D eigenvalue weighted by atomic mass is 9.83. The fraction of sp³-hybridized carbons (Fsp3) is 0.375. The van der Waals surface area contributed by atoms with Gasteiger partial charge in [0.2, 0.25) is 0 Å². The van der Waals surface area contributed by atoms with Gasteiger partial charge in [-0.1, -0.05) is 35.3 Å². The predicted molar refractivity (Wildman–Crippen MR) is 95.2 cm³/mol. The quantitative estimate of drug-likeness (QED) is 0.772. The fourth-order valence-electron chi connectivity index (χ4n) is 3.06. The molecule has 22 heavy (non-hydrogen) atoms. The highest BCUT2D eigenvalue weighted by atomic mass is 35.5. The van der Waals surface area contributed by atoms with Gasteiger partial charge in [0.25, 0.3) is 0 Å². The Kier molecular flexibility index (Phi) is 5.32. The van der Waals surface area contributed by atoms with Crippen LogP contribution in [0.3, 0.4) is 0 Å². The highest BCUT2D eigenvalue weighted by Gasteiger charge is 2.39. The van der Waals surface area contributed by atoms with E-state index >= 15 is 0 Å². The smallest absolute Gasteiger partial charge is 0.334 e. The molecule has 0 radical (unpaired) electrons. The van der Waals surface area contributed by atoms with E-state index in [-0.39, 0.29) is 11.6 Å². The molecule has 1 heterocycles. The maximum atomic E-state index is 11.8. The summed E-state index contributed by atoms with van der Waals surface area (Å²) >= 11 is 12.5. The fourth-order valence-corrected chi connectivity index (χ4v) is 5.20. The number of carboxylic acids is 1. The van der Waals surface area contributed by atoms with E-state index in [2.05, 4.69) is 18.3 Å². The first kappa shape index (κ1) is 17.5. The Morgan fingerprint density at radius 1 is 1.27 bits per heavy atom. The molecule has 0 aliphatic carbocycles. The second-order valence-electron chi connectivity index (χ2n) is 5.59. The van der Waals surface area contributed by atoms with Crippen LogP contribution in [0.15, 0.2) is 34.5 Å². The number of carboxylic acid groups (broad SMARTS) is 1. The number of hydrogen-bond acceptors (Lipinski definition) is 2. The third kappa shape index (κ3) is 3.08.